The predicted octanol–water partition coefficient (Wildman–Crippen LogP) is 0.925. The molecule has 0 rings (SSSR count). The van der Waals surface area contributed by atoms with Crippen LogP contribution in [0.3, 0.4) is 0 Å². The van der Waals surface area contributed by atoms with Crippen LogP contribution in [-0.2, 0) is 14.6 Å². The van der Waals surface area contributed by atoms with E-state index in [-0.39, 0.29) is 6.61 Å². The average molecular weight is 143 g/mol. The Hall–Kier alpha value is -0.830. The number of carbonyl (C=O) groups excluding carboxylic acids is 1. The Kier molecular flexibility index (Phi) is 4.58. The molecule has 1 unspecified atom stereocenters. The van der Waals surface area contributed by atoms with Crippen LogP contribution in [0.4, 0.5) is 0 Å². The van der Waals surface area contributed by atoms with Crippen LogP contribution in [0, 0.1) is 0 Å². The van der Waals surface area contributed by atoms with E-state index in [4.69, 9.17) is 0 Å². The summed E-state index contributed by atoms with van der Waals surface area (Å²) in [6, 6.07) is 0. The average Bonchev–Trinajstić information content (AvgIpc) is 1.87. The van der Waals surface area contributed by atoms with Crippen molar-refractivity contribution in [3.8, 4) is 0 Å². The molecule has 0 aliphatic rings. The number of ether oxygens (including phenoxy) is 1. The Morgan fingerprint density at radius 2 is 2.40 bits per heavy atom. The van der Waals surface area contributed by atoms with Gasteiger partial charge in [-0.25, -0.2) is 9.90 Å². The Labute approximate surface area is 60.3 Å². The van der Waals surface area contributed by atoms with Crippen molar-refractivity contribution < 1.29 is 14.6 Å². The highest BCUT2D eigenvalue weighted by Gasteiger charge is 1.99. The summed E-state index contributed by atoms with van der Waals surface area (Å²) >= 11 is 0. The van der Waals surface area contributed by atoms with Crippen LogP contribution in [0.25, 0.3) is 0 Å². The van der Waals surface area contributed by atoms with E-state index in [0.717, 1.165) is 6.08 Å². The third-order valence-electron chi connectivity index (χ3n) is 0.935. The van der Waals surface area contributed by atoms with Gasteiger partial charge < -0.3 is 4.74 Å². The molecular weight excluding hydrogens is 132 g/mol. The van der Waals surface area contributed by atoms with Crippen LogP contribution >= 0.6 is 0 Å². The standard InChI is InChI=1S/C7H11O3/c1-3-7(9)10-5-4-6(2)8/h3,6H,1,4-5H2,2H3. The molecule has 3 heteroatoms. The van der Waals surface area contributed by atoms with E-state index in [2.05, 4.69) is 11.3 Å². The molecule has 0 aromatic heterocycles. The van der Waals surface area contributed by atoms with Gasteiger partial charge in [-0.05, 0) is 6.92 Å². The second-order valence-corrected chi connectivity index (χ2v) is 1.97. The largest absolute Gasteiger partial charge is 0.462 e. The van der Waals surface area contributed by atoms with Crippen LogP contribution < -0.4 is 0 Å². The quantitative estimate of drug-likeness (QED) is 0.434. The Balaban J connectivity index is 3.19. The number of carbonyl (C=O) groups is 1. The Bertz CT molecular complexity index is 118. The highest BCUT2D eigenvalue weighted by molar-refractivity contribution is 5.81. The van der Waals surface area contributed by atoms with Crippen molar-refractivity contribution in [2.24, 2.45) is 0 Å². The molecule has 0 fully saturated rings. The van der Waals surface area contributed by atoms with Gasteiger partial charge in [0.2, 0.25) is 0 Å². The van der Waals surface area contributed by atoms with Gasteiger partial charge >= 0.3 is 5.97 Å². The lowest BCUT2D eigenvalue weighted by atomic mass is 10.3. The van der Waals surface area contributed by atoms with E-state index >= 15 is 0 Å². The molecule has 0 saturated heterocycles. The third kappa shape index (κ3) is 5.31. The molecule has 3 nitrogen and oxygen atoms in total. The maximum absolute atomic E-state index is 10.4. The van der Waals surface area contributed by atoms with Crippen molar-refractivity contribution in [1.29, 1.82) is 0 Å². The van der Waals surface area contributed by atoms with E-state index in [1.807, 2.05) is 0 Å². The van der Waals surface area contributed by atoms with Gasteiger partial charge in [0.1, 0.15) is 0 Å². The van der Waals surface area contributed by atoms with Crippen LogP contribution in [0.1, 0.15) is 13.3 Å². The lowest BCUT2D eigenvalue weighted by Gasteiger charge is -2.01. The monoisotopic (exact) mass is 143 g/mol. The smallest absolute Gasteiger partial charge is 0.330 e. The van der Waals surface area contributed by atoms with E-state index < -0.39 is 12.1 Å². The first-order valence-electron chi connectivity index (χ1n) is 3.12. The Morgan fingerprint density at radius 1 is 1.80 bits per heavy atom. The van der Waals surface area contributed by atoms with E-state index in [9.17, 15) is 9.90 Å². The summed E-state index contributed by atoms with van der Waals surface area (Å²) in [6.07, 6.45) is 0.771. The van der Waals surface area contributed by atoms with Gasteiger partial charge in [-0.1, -0.05) is 6.58 Å². The highest BCUT2D eigenvalue weighted by atomic mass is 16.5. The van der Waals surface area contributed by atoms with E-state index in [1.165, 1.54) is 6.92 Å². The van der Waals surface area contributed by atoms with Crippen molar-refractivity contribution in [3.63, 3.8) is 0 Å². The van der Waals surface area contributed by atoms with Crippen molar-refractivity contribution in [3.05, 3.63) is 12.7 Å². The minimum absolute atomic E-state index is 0.190. The number of esters is 1. The van der Waals surface area contributed by atoms with Crippen LogP contribution in [0.2, 0.25) is 0 Å². The van der Waals surface area contributed by atoms with E-state index in [0.29, 0.717) is 6.42 Å². The molecule has 0 aliphatic heterocycles. The summed E-state index contributed by atoms with van der Waals surface area (Å²) in [5.41, 5.74) is 0. The van der Waals surface area contributed by atoms with E-state index in [1.54, 1.807) is 0 Å². The maximum atomic E-state index is 10.4. The lowest BCUT2D eigenvalue weighted by molar-refractivity contribution is -0.138. The molecule has 1 atom stereocenters. The molecule has 57 valence electrons. The fourth-order valence-electron chi connectivity index (χ4n) is 0.384. The van der Waals surface area contributed by atoms with Gasteiger partial charge in [-0.2, -0.15) is 0 Å². The second kappa shape index (κ2) is 4.99. The summed E-state index contributed by atoms with van der Waals surface area (Å²) in [6.45, 7) is 4.93. The van der Waals surface area contributed by atoms with Crippen molar-refractivity contribution in [2.75, 3.05) is 6.61 Å². The SMILES string of the molecule is C=CC(=O)OCCC(C)[O]. The van der Waals surface area contributed by atoms with Crippen molar-refractivity contribution in [1.82, 2.24) is 0 Å². The molecule has 0 aliphatic carbocycles. The lowest BCUT2D eigenvalue weighted by Crippen LogP contribution is -2.07. The van der Waals surface area contributed by atoms with Crippen molar-refractivity contribution in [2.45, 2.75) is 19.4 Å². The first kappa shape index (κ1) is 9.17. The molecule has 0 bridgehead atoms. The molecule has 0 amide bonds. The topological polar surface area (TPSA) is 46.2 Å². The summed E-state index contributed by atoms with van der Waals surface area (Å²) in [5, 5.41) is 10.4. The van der Waals surface area contributed by atoms with Gasteiger partial charge in [-0.3, -0.25) is 0 Å². The summed E-state index contributed by atoms with van der Waals surface area (Å²) in [4.78, 5) is 10.4. The number of hydrogen-bond acceptors (Lipinski definition) is 2. The fourth-order valence-corrected chi connectivity index (χ4v) is 0.384. The normalized spacial score (nSPS) is 12.2. The van der Waals surface area contributed by atoms with Gasteiger partial charge in [0.05, 0.1) is 12.7 Å². The van der Waals surface area contributed by atoms with Crippen LogP contribution in [0.5, 0.6) is 0 Å². The first-order valence-corrected chi connectivity index (χ1v) is 3.12. The van der Waals surface area contributed by atoms with Crippen molar-refractivity contribution >= 4 is 5.97 Å². The zero-order chi connectivity index (χ0) is 7.98. The summed E-state index contributed by atoms with van der Waals surface area (Å²) in [5.74, 6) is -0.472. The van der Waals surface area contributed by atoms with Gasteiger partial charge in [0.25, 0.3) is 0 Å². The highest BCUT2D eigenvalue weighted by Crippen LogP contribution is 1.91. The van der Waals surface area contributed by atoms with Gasteiger partial charge in [0, 0.05) is 12.5 Å². The first-order chi connectivity index (χ1) is 4.66. The zero-order valence-corrected chi connectivity index (χ0v) is 6.00. The maximum Gasteiger partial charge on any atom is 0.330 e. The third-order valence-corrected chi connectivity index (χ3v) is 0.935. The molecule has 0 aromatic rings. The molecule has 0 spiro atoms. The minimum atomic E-state index is -0.669. The summed E-state index contributed by atoms with van der Waals surface area (Å²) in [7, 11) is 0. The zero-order valence-electron chi connectivity index (χ0n) is 6.00. The molecule has 0 saturated carbocycles. The molecular formula is C7H11O3. The number of rotatable bonds is 4. The minimum Gasteiger partial charge on any atom is -0.462 e. The predicted molar refractivity (Wildman–Crippen MR) is 35.9 cm³/mol. The molecule has 0 heterocycles. The van der Waals surface area contributed by atoms with Crippen LogP contribution in [-0.4, -0.2) is 18.7 Å². The van der Waals surface area contributed by atoms with Crippen LogP contribution in [0.15, 0.2) is 12.7 Å². The van der Waals surface area contributed by atoms with Gasteiger partial charge in [0.15, 0.2) is 0 Å². The molecule has 10 heavy (non-hydrogen) atoms. The number of hydrogen-bond donors (Lipinski definition) is 0. The summed E-state index contributed by atoms with van der Waals surface area (Å²) < 4.78 is 4.54. The molecule has 0 aromatic carbocycles. The molecule has 1 radical (unpaired) electrons. The second-order valence-electron chi connectivity index (χ2n) is 1.97. The van der Waals surface area contributed by atoms with Gasteiger partial charge in [-0.15, -0.1) is 0 Å². The fraction of sp³-hybridized carbons (Fsp3) is 0.571. The molecule has 0 N–H and O–H groups in total. The Morgan fingerprint density at radius 3 is 2.80 bits per heavy atom.